The van der Waals surface area contributed by atoms with Crippen LogP contribution in [0.15, 0.2) is 42.7 Å². The average Bonchev–Trinajstić information content (AvgIpc) is 3.23. The van der Waals surface area contributed by atoms with Crippen molar-refractivity contribution in [3.05, 3.63) is 52.6 Å². The molecule has 0 radical (unpaired) electrons. The van der Waals surface area contributed by atoms with E-state index in [0.717, 1.165) is 56.8 Å². The molecule has 2 amide bonds. The van der Waals surface area contributed by atoms with Crippen LogP contribution in [0.4, 0.5) is 0 Å². The zero-order chi connectivity index (χ0) is 25.5. The van der Waals surface area contributed by atoms with E-state index in [1.165, 1.54) is 4.90 Å². The summed E-state index contributed by atoms with van der Waals surface area (Å²) < 4.78 is 9.24. The number of nitrogens with one attached hydrogen (secondary N) is 1. The summed E-state index contributed by atoms with van der Waals surface area (Å²) >= 11 is 8.17. The number of thiophene rings is 1. The van der Waals surface area contributed by atoms with Crippen LogP contribution in [0.5, 0.6) is 0 Å². The van der Waals surface area contributed by atoms with Gasteiger partial charge in [0.2, 0.25) is 11.8 Å². The van der Waals surface area contributed by atoms with Crippen molar-refractivity contribution in [1.29, 1.82) is 0 Å². The molecule has 3 aromatic heterocycles. The predicted molar refractivity (Wildman–Crippen MR) is 144 cm³/mol. The van der Waals surface area contributed by atoms with Crippen LogP contribution in [0.3, 0.4) is 0 Å². The number of ether oxygens (including phenoxy) is 1. The van der Waals surface area contributed by atoms with Gasteiger partial charge in [-0.3, -0.25) is 19.5 Å². The lowest BCUT2D eigenvalue weighted by atomic mass is 10.0. The molecule has 2 unspecified atom stereocenters. The van der Waals surface area contributed by atoms with Crippen LogP contribution < -0.4 is 5.32 Å². The normalized spacial score (nSPS) is 24.8. The van der Waals surface area contributed by atoms with Gasteiger partial charge in [-0.25, -0.2) is 0 Å². The number of benzene rings is 1. The van der Waals surface area contributed by atoms with Gasteiger partial charge in [-0.1, -0.05) is 25.4 Å². The number of nitrogens with zero attached hydrogens (tertiary/aromatic N) is 3. The second-order valence-electron chi connectivity index (χ2n) is 10.9. The fourth-order valence-corrected chi connectivity index (χ4v) is 7.58. The first-order valence-corrected chi connectivity index (χ1v) is 13.9. The second-order valence-corrected chi connectivity index (χ2v) is 12.5. The molecule has 190 valence electrons. The Morgan fingerprint density at radius 1 is 1.16 bits per heavy atom. The van der Waals surface area contributed by atoms with Gasteiger partial charge in [0.15, 0.2) is 0 Å². The summed E-state index contributed by atoms with van der Waals surface area (Å²) in [6.45, 7) is 7.47. The summed E-state index contributed by atoms with van der Waals surface area (Å²) in [7, 11) is 0. The molecule has 7 rings (SSSR count). The van der Waals surface area contributed by atoms with Crippen LogP contribution in [-0.2, 0) is 27.4 Å². The molecule has 37 heavy (non-hydrogen) atoms. The van der Waals surface area contributed by atoms with E-state index in [1.807, 2.05) is 44.3 Å². The molecule has 0 spiro atoms. The summed E-state index contributed by atoms with van der Waals surface area (Å²) in [4.78, 5) is 32.8. The summed E-state index contributed by atoms with van der Waals surface area (Å²) in [5.74, 6) is -0.420. The Morgan fingerprint density at radius 3 is 2.73 bits per heavy atom. The van der Waals surface area contributed by atoms with Crippen molar-refractivity contribution in [3.8, 4) is 11.1 Å². The standard InChI is InChI=1S/C28H27ClN4O3S/c1-28(2)22-23(28)27(35)33(26(22)34)14-18-11-21-25(37-18)19(3-5-31-21)20-10-16(29)9-15-4-7-32(24(15)20)13-17-12-30-6-8-36-17/h3-5,7,9-11,17,22-23,30H,6,8,12-14H2,1-2H3/t17-,22?,23?/m0/s1. The third-order valence-corrected chi connectivity index (χ3v) is 9.55. The zero-order valence-corrected chi connectivity index (χ0v) is 22.2. The minimum Gasteiger partial charge on any atom is -0.374 e. The number of carbonyl (C=O) groups excluding carboxylic acids is 2. The van der Waals surface area contributed by atoms with Gasteiger partial charge in [0, 0.05) is 51.9 Å². The lowest BCUT2D eigenvalue weighted by Crippen LogP contribution is -2.40. The first-order valence-electron chi connectivity index (χ1n) is 12.7. The number of hydrogen-bond donors (Lipinski definition) is 1. The van der Waals surface area contributed by atoms with Gasteiger partial charge in [0.25, 0.3) is 0 Å². The molecule has 5 heterocycles. The van der Waals surface area contributed by atoms with E-state index in [9.17, 15) is 9.59 Å². The van der Waals surface area contributed by atoms with Crippen molar-refractivity contribution in [2.45, 2.75) is 33.0 Å². The van der Waals surface area contributed by atoms with Gasteiger partial charge in [0.1, 0.15) is 0 Å². The minimum atomic E-state index is -0.203. The van der Waals surface area contributed by atoms with E-state index in [4.69, 9.17) is 16.3 Å². The van der Waals surface area contributed by atoms with E-state index < -0.39 is 0 Å². The highest BCUT2D eigenvalue weighted by Gasteiger charge is 2.72. The van der Waals surface area contributed by atoms with Crippen molar-refractivity contribution >= 4 is 55.9 Å². The fraction of sp³-hybridized carbons (Fsp3) is 0.393. The summed E-state index contributed by atoms with van der Waals surface area (Å²) in [5, 5.41) is 5.15. The fourth-order valence-electron chi connectivity index (χ4n) is 6.22. The lowest BCUT2D eigenvalue weighted by Gasteiger charge is -2.24. The number of piperidine rings is 1. The van der Waals surface area contributed by atoms with Crippen LogP contribution in [0, 0.1) is 17.3 Å². The number of amides is 2. The maximum Gasteiger partial charge on any atom is 0.234 e. The number of halogens is 1. The van der Waals surface area contributed by atoms with Gasteiger partial charge in [-0.05, 0) is 35.7 Å². The highest BCUT2D eigenvalue weighted by atomic mass is 35.5. The maximum atomic E-state index is 12.9. The SMILES string of the molecule is CC1(C)C2C(=O)N(Cc3cc4nccc(-c5cc(Cl)cc6ccn(C[C@@H]7CNCCO7)c56)c4s3)C(=O)C21. The summed E-state index contributed by atoms with van der Waals surface area (Å²) in [6, 6.07) is 10.1. The molecular weight excluding hydrogens is 508 g/mol. The Bertz CT molecular complexity index is 1560. The van der Waals surface area contributed by atoms with Crippen LogP contribution in [0.25, 0.3) is 32.2 Å². The summed E-state index contributed by atoms with van der Waals surface area (Å²) in [5.41, 5.74) is 3.83. The Kier molecular flexibility index (Phi) is 5.28. The molecule has 2 aliphatic heterocycles. The highest BCUT2D eigenvalue weighted by Crippen LogP contribution is 2.63. The quantitative estimate of drug-likeness (QED) is 0.376. The van der Waals surface area contributed by atoms with Gasteiger partial charge in [0.05, 0.1) is 53.4 Å². The smallest absolute Gasteiger partial charge is 0.234 e. The molecule has 1 saturated carbocycles. The molecule has 1 aromatic carbocycles. The van der Waals surface area contributed by atoms with Crippen LogP contribution >= 0.6 is 22.9 Å². The highest BCUT2D eigenvalue weighted by molar-refractivity contribution is 7.19. The molecule has 1 N–H and O–H groups in total. The van der Waals surface area contributed by atoms with Crippen molar-refractivity contribution in [2.75, 3.05) is 19.7 Å². The van der Waals surface area contributed by atoms with E-state index in [-0.39, 0.29) is 35.2 Å². The van der Waals surface area contributed by atoms with Crippen LogP contribution in [0.2, 0.25) is 5.02 Å². The second kappa shape index (κ2) is 8.36. The molecule has 0 bridgehead atoms. The van der Waals surface area contributed by atoms with E-state index in [0.29, 0.717) is 18.2 Å². The molecule has 3 aliphatic rings. The molecule has 3 fully saturated rings. The molecule has 9 heteroatoms. The number of likely N-dealkylation sites (tertiary alicyclic amines) is 1. The first-order chi connectivity index (χ1) is 17.8. The number of carbonyl (C=O) groups is 2. The molecule has 3 atom stereocenters. The number of fused-ring (bicyclic) bond motifs is 3. The molecule has 7 nitrogen and oxygen atoms in total. The average molecular weight is 535 g/mol. The maximum absolute atomic E-state index is 12.9. The van der Waals surface area contributed by atoms with Crippen molar-refractivity contribution in [3.63, 3.8) is 0 Å². The van der Waals surface area contributed by atoms with Crippen molar-refractivity contribution in [1.82, 2.24) is 19.8 Å². The Balaban J connectivity index is 1.27. The van der Waals surface area contributed by atoms with Gasteiger partial charge >= 0.3 is 0 Å². The first kappa shape index (κ1) is 23.3. The Hall–Kier alpha value is -2.78. The minimum absolute atomic E-state index is 0.0422. The van der Waals surface area contributed by atoms with E-state index >= 15 is 0 Å². The zero-order valence-electron chi connectivity index (χ0n) is 20.7. The monoisotopic (exact) mass is 534 g/mol. The predicted octanol–water partition coefficient (Wildman–Crippen LogP) is 4.70. The Morgan fingerprint density at radius 2 is 1.97 bits per heavy atom. The molecular formula is C28H27ClN4O3S. The lowest BCUT2D eigenvalue weighted by molar-refractivity contribution is -0.143. The van der Waals surface area contributed by atoms with Crippen LogP contribution in [0.1, 0.15) is 18.7 Å². The van der Waals surface area contributed by atoms with E-state index in [1.54, 1.807) is 11.3 Å². The number of morpholine rings is 1. The number of aromatic nitrogens is 2. The topological polar surface area (TPSA) is 76.5 Å². The third-order valence-electron chi connectivity index (χ3n) is 8.19. The number of hydrogen-bond acceptors (Lipinski definition) is 6. The Labute approximate surface area is 223 Å². The van der Waals surface area contributed by atoms with E-state index in [2.05, 4.69) is 27.1 Å². The van der Waals surface area contributed by atoms with Gasteiger partial charge in [-0.2, -0.15) is 0 Å². The third kappa shape index (κ3) is 3.65. The summed E-state index contributed by atoms with van der Waals surface area (Å²) in [6.07, 6.45) is 4.01. The number of imide groups is 1. The number of pyridine rings is 1. The van der Waals surface area contributed by atoms with Crippen molar-refractivity contribution < 1.29 is 14.3 Å². The van der Waals surface area contributed by atoms with Crippen LogP contribution in [-0.4, -0.2) is 52.1 Å². The molecule has 2 saturated heterocycles. The van der Waals surface area contributed by atoms with Gasteiger partial charge < -0.3 is 14.6 Å². The van der Waals surface area contributed by atoms with Crippen molar-refractivity contribution in [2.24, 2.45) is 17.3 Å². The van der Waals surface area contributed by atoms with Gasteiger partial charge in [-0.15, -0.1) is 11.3 Å². The molecule has 1 aliphatic carbocycles. The number of rotatable bonds is 5. The molecule has 4 aromatic rings. The largest absolute Gasteiger partial charge is 0.374 e.